The summed E-state index contributed by atoms with van der Waals surface area (Å²) in [6.45, 7) is 6.50. The van der Waals surface area contributed by atoms with Crippen molar-refractivity contribution in [1.29, 1.82) is 0 Å². The molecular weight excluding hydrogens is 132 g/mol. The Bertz CT molecular complexity index is 108. The summed E-state index contributed by atoms with van der Waals surface area (Å²) in [4.78, 5) is 0. The summed E-state index contributed by atoms with van der Waals surface area (Å²) in [5, 5.41) is 0. The second-order valence-corrected chi connectivity index (χ2v) is 1.37. The molecule has 1 rings (SSSR count). The van der Waals surface area contributed by atoms with E-state index >= 15 is 0 Å². The van der Waals surface area contributed by atoms with Gasteiger partial charge in [0.15, 0.2) is 0 Å². The smallest absolute Gasteiger partial charge is 0.245 e. The van der Waals surface area contributed by atoms with E-state index in [1.807, 2.05) is 30.3 Å². The second-order valence-electron chi connectivity index (χ2n) is 1.37. The third-order valence-electron chi connectivity index (χ3n) is 0.607. The van der Waals surface area contributed by atoms with Crippen molar-refractivity contribution in [1.82, 2.24) is 0 Å². The first kappa shape index (κ1) is 12.3. The fourth-order valence-corrected chi connectivity index (χ4v) is 0.342. The Labute approximate surface area is 79.1 Å². The molecule has 0 N–H and O–H groups in total. The van der Waals surface area contributed by atoms with E-state index in [4.69, 9.17) is 0 Å². The van der Waals surface area contributed by atoms with E-state index in [0.29, 0.717) is 0 Å². The van der Waals surface area contributed by atoms with Crippen LogP contribution in [0.4, 0.5) is 0 Å². The van der Waals surface area contributed by atoms with Crippen LogP contribution in [0.1, 0.15) is 0 Å². The Hall–Kier alpha value is -0.404. The molecule has 0 unspecified atom stereocenters. The van der Waals surface area contributed by atoms with Crippen LogP contribution in [-0.4, -0.2) is 23.1 Å². The van der Waals surface area contributed by atoms with Crippen molar-refractivity contribution in [3.8, 4) is 0 Å². The van der Waals surface area contributed by atoms with Crippen LogP contribution in [0.25, 0.3) is 0 Å². The minimum atomic E-state index is 0. The molecule has 0 aromatic heterocycles. The van der Waals surface area contributed by atoms with Crippen molar-refractivity contribution in [2.75, 3.05) is 0 Å². The van der Waals surface area contributed by atoms with Crippen LogP contribution in [0, 0.1) is 13.0 Å². The Kier molecular flexibility index (Phi) is 14.0. The van der Waals surface area contributed by atoms with Crippen molar-refractivity contribution < 1.29 is 0 Å². The maximum absolute atomic E-state index is 3.25. The normalized spacial score (nSPS) is 6.00. The minimum Gasteiger partial charge on any atom is -0.245 e. The molecule has 0 amide bonds. The van der Waals surface area contributed by atoms with Crippen LogP contribution in [0.2, 0.25) is 0 Å². The van der Waals surface area contributed by atoms with Gasteiger partial charge in [-0.2, -0.15) is 36.4 Å². The second kappa shape index (κ2) is 11.4. The van der Waals surface area contributed by atoms with Gasteiger partial charge in [0.1, 0.15) is 0 Å². The SMILES string of the molecule is C=C[CH2-].[Mg+2].[c-]1ccccc1. The number of benzene rings is 1. The van der Waals surface area contributed by atoms with Crippen molar-refractivity contribution in [3.63, 3.8) is 0 Å². The first-order chi connectivity index (χ1) is 4.41. The first-order valence-electron chi connectivity index (χ1n) is 2.73. The average molecular weight is 142 g/mol. The van der Waals surface area contributed by atoms with E-state index in [0.717, 1.165) is 0 Å². The summed E-state index contributed by atoms with van der Waals surface area (Å²) in [7, 11) is 0. The average Bonchev–Trinajstić information content (AvgIpc) is 1.93. The van der Waals surface area contributed by atoms with Crippen molar-refractivity contribution in [2.24, 2.45) is 0 Å². The molecule has 0 spiro atoms. The molecule has 0 fully saturated rings. The predicted molar refractivity (Wildman–Crippen MR) is 46.6 cm³/mol. The molecule has 0 atom stereocenters. The summed E-state index contributed by atoms with van der Waals surface area (Å²) in [5.41, 5.74) is 0. The van der Waals surface area contributed by atoms with Gasteiger partial charge in [-0.15, -0.1) is 0 Å². The van der Waals surface area contributed by atoms with E-state index < -0.39 is 0 Å². The molecule has 0 aliphatic rings. The molecular formula is C9H10Mg. The van der Waals surface area contributed by atoms with E-state index in [1.165, 1.54) is 6.08 Å². The van der Waals surface area contributed by atoms with Gasteiger partial charge < -0.3 is 0 Å². The van der Waals surface area contributed by atoms with Crippen LogP contribution < -0.4 is 0 Å². The zero-order valence-corrected chi connectivity index (χ0v) is 7.50. The molecule has 48 valence electrons. The fraction of sp³-hybridized carbons (Fsp3) is 0. The predicted octanol–water partition coefficient (Wildman–Crippen LogP) is 2.11. The third kappa shape index (κ3) is 10.6. The third-order valence-corrected chi connectivity index (χ3v) is 0.607. The molecule has 1 aromatic carbocycles. The standard InChI is InChI=1S/C6H5.C3H5.Mg/c1-2-4-6-5-3-1;1-3-2;/h1-5H;3H,1-2H2;/q2*-1;+2. The molecule has 0 saturated heterocycles. The van der Waals surface area contributed by atoms with E-state index in [1.54, 1.807) is 0 Å². The van der Waals surface area contributed by atoms with Gasteiger partial charge in [0.2, 0.25) is 0 Å². The van der Waals surface area contributed by atoms with Gasteiger partial charge >= 0.3 is 23.1 Å². The number of rotatable bonds is 0. The molecule has 0 heterocycles. The molecule has 0 saturated carbocycles. The van der Waals surface area contributed by atoms with Crippen LogP contribution in [0.15, 0.2) is 43.0 Å². The van der Waals surface area contributed by atoms with Crippen LogP contribution in [-0.2, 0) is 0 Å². The van der Waals surface area contributed by atoms with Gasteiger partial charge in [0.25, 0.3) is 0 Å². The molecule has 0 aliphatic heterocycles. The largest absolute Gasteiger partial charge is 2.00 e. The topological polar surface area (TPSA) is 0 Å². The Morgan fingerprint density at radius 3 is 1.70 bits per heavy atom. The molecule has 10 heavy (non-hydrogen) atoms. The first-order valence-corrected chi connectivity index (χ1v) is 2.73. The Morgan fingerprint density at radius 2 is 1.60 bits per heavy atom. The Balaban J connectivity index is 0. The zero-order chi connectivity index (χ0) is 6.95. The quantitative estimate of drug-likeness (QED) is 0.385. The minimum absolute atomic E-state index is 0. The van der Waals surface area contributed by atoms with Crippen LogP contribution in [0.5, 0.6) is 0 Å². The molecule has 1 heteroatoms. The number of hydrogen-bond acceptors (Lipinski definition) is 0. The zero-order valence-electron chi connectivity index (χ0n) is 6.09. The summed E-state index contributed by atoms with van der Waals surface area (Å²) in [6.07, 6.45) is 1.50. The van der Waals surface area contributed by atoms with Crippen molar-refractivity contribution >= 4 is 23.1 Å². The number of allylic oxidation sites excluding steroid dienone is 1. The van der Waals surface area contributed by atoms with E-state index in [9.17, 15) is 0 Å². The van der Waals surface area contributed by atoms with Gasteiger partial charge in [-0.05, 0) is 0 Å². The molecule has 0 radical (unpaired) electrons. The van der Waals surface area contributed by atoms with Gasteiger partial charge in [0, 0.05) is 0 Å². The number of hydrogen-bond donors (Lipinski definition) is 0. The van der Waals surface area contributed by atoms with Crippen molar-refractivity contribution in [2.45, 2.75) is 0 Å². The van der Waals surface area contributed by atoms with Gasteiger partial charge in [-0.3, -0.25) is 0 Å². The summed E-state index contributed by atoms with van der Waals surface area (Å²) < 4.78 is 0. The van der Waals surface area contributed by atoms with Gasteiger partial charge in [0.05, 0.1) is 0 Å². The molecule has 0 bridgehead atoms. The van der Waals surface area contributed by atoms with Crippen LogP contribution >= 0.6 is 0 Å². The summed E-state index contributed by atoms with van der Waals surface area (Å²) >= 11 is 0. The molecule has 0 aliphatic carbocycles. The van der Waals surface area contributed by atoms with E-state index in [-0.39, 0.29) is 23.1 Å². The van der Waals surface area contributed by atoms with Crippen molar-refractivity contribution in [3.05, 3.63) is 56.0 Å². The maximum atomic E-state index is 3.25. The molecule has 1 aromatic rings. The summed E-state index contributed by atoms with van der Waals surface area (Å²) in [5.74, 6) is 0. The van der Waals surface area contributed by atoms with Gasteiger partial charge in [-0.1, -0.05) is 0 Å². The van der Waals surface area contributed by atoms with Crippen LogP contribution in [0.3, 0.4) is 0 Å². The Morgan fingerprint density at radius 1 is 1.20 bits per heavy atom. The monoisotopic (exact) mass is 142 g/mol. The summed E-state index contributed by atoms with van der Waals surface area (Å²) in [6, 6.07) is 12.5. The maximum Gasteiger partial charge on any atom is 2.00 e. The fourth-order valence-electron chi connectivity index (χ4n) is 0.342. The van der Waals surface area contributed by atoms with E-state index in [2.05, 4.69) is 19.6 Å². The van der Waals surface area contributed by atoms with Gasteiger partial charge in [-0.25, -0.2) is 19.6 Å². The molecule has 0 nitrogen and oxygen atoms in total.